The number of benzene rings is 1. The van der Waals surface area contributed by atoms with Gasteiger partial charge in [0, 0.05) is 37.4 Å². The summed E-state index contributed by atoms with van der Waals surface area (Å²) in [7, 11) is 1.59. The number of methoxy groups -OCH3 is 1. The second-order valence-corrected chi connectivity index (χ2v) is 8.95. The van der Waals surface area contributed by atoms with Crippen molar-refractivity contribution >= 4 is 34.8 Å². The molecule has 164 valence electrons. The summed E-state index contributed by atoms with van der Waals surface area (Å²) in [5, 5.41) is 15.6. The van der Waals surface area contributed by atoms with Crippen LogP contribution in [0.1, 0.15) is 32.2 Å². The van der Waals surface area contributed by atoms with Crippen molar-refractivity contribution < 1.29 is 14.6 Å². The van der Waals surface area contributed by atoms with Gasteiger partial charge in [-0.2, -0.15) is 5.10 Å². The molecule has 1 aliphatic heterocycles. The molecular weight excluding hydrogens is 427 g/mol. The lowest BCUT2D eigenvalue weighted by Gasteiger charge is -2.41. The van der Waals surface area contributed by atoms with Gasteiger partial charge in [0.25, 0.3) is 0 Å². The molecule has 9 heteroatoms. The fraction of sp³-hybridized carbons (Fsp3) is 0.524. The minimum atomic E-state index is -1.17. The Kier molecular flexibility index (Phi) is 6.55. The quantitative estimate of drug-likeness (QED) is 0.748. The number of hydrogen-bond acceptors (Lipinski definition) is 5. The van der Waals surface area contributed by atoms with Gasteiger partial charge in [-0.15, -0.1) is 0 Å². The molecule has 2 heterocycles. The lowest BCUT2D eigenvalue weighted by molar-refractivity contribution is -0.134. The van der Waals surface area contributed by atoms with E-state index in [1.165, 1.54) is 0 Å². The monoisotopic (exact) mass is 454 g/mol. The molecule has 1 saturated heterocycles. The predicted molar refractivity (Wildman–Crippen MR) is 119 cm³/mol. The van der Waals surface area contributed by atoms with Gasteiger partial charge < -0.3 is 19.6 Å². The highest BCUT2D eigenvalue weighted by Gasteiger charge is 2.30. The van der Waals surface area contributed by atoms with Gasteiger partial charge in [0.2, 0.25) is 5.91 Å². The summed E-state index contributed by atoms with van der Waals surface area (Å²) in [6, 6.07) is 5.72. The Labute approximate surface area is 187 Å². The van der Waals surface area contributed by atoms with Crippen LogP contribution in [0.25, 0.3) is 0 Å². The van der Waals surface area contributed by atoms with Gasteiger partial charge in [-0.25, -0.2) is 0 Å². The number of anilines is 1. The van der Waals surface area contributed by atoms with Crippen molar-refractivity contribution in [1.82, 2.24) is 14.7 Å². The minimum Gasteiger partial charge on any atom is -0.495 e. The Hall–Kier alpha value is -1.96. The number of hydrogen-bond donors (Lipinski definition) is 1. The van der Waals surface area contributed by atoms with Crippen molar-refractivity contribution in [3.63, 3.8) is 0 Å². The summed E-state index contributed by atoms with van der Waals surface area (Å²) in [5.41, 5.74) is 0.889. The van der Waals surface area contributed by atoms with Crippen molar-refractivity contribution in [2.45, 2.75) is 45.9 Å². The van der Waals surface area contributed by atoms with E-state index in [1.807, 2.05) is 30.0 Å². The number of carbonyl (C=O) groups excluding carboxylic acids is 1. The summed E-state index contributed by atoms with van der Waals surface area (Å²) in [4.78, 5) is 17.1. The summed E-state index contributed by atoms with van der Waals surface area (Å²) in [6.45, 7) is 9.16. The van der Waals surface area contributed by atoms with Crippen LogP contribution in [0.5, 0.6) is 5.75 Å². The minimum absolute atomic E-state index is 0.0213. The van der Waals surface area contributed by atoms with Crippen molar-refractivity contribution in [3.05, 3.63) is 39.6 Å². The van der Waals surface area contributed by atoms with E-state index in [9.17, 15) is 9.90 Å². The van der Waals surface area contributed by atoms with Crippen LogP contribution in [0.2, 0.25) is 10.0 Å². The van der Waals surface area contributed by atoms with Gasteiger partial charge in [-0.1, -0.05) is 23.2 Å². The Morgan fingerprint density at radius 3 is 2.60 bits per heavy atom. The third-order valence-electron chi connectivity index (χ3n) is 5.45. The zero-order valence-corrected chi connectivity index (χ0v) is 19.5. The first-order chi connectivity index (χ1) is 14.0. The Bertz CT molecular complexity index is 939. The van der Waals surface area contributed by atoms with Crippen LogP contribution in [0.4, 0.5) is 5.69 Å². The van der Waals surface area contributed by atoms with Gasteiger partial charge in [0.1, 0.15) is 23.6 Å². The molecule has 1 atom stereocenters. The lowest BCUT2D eigenvalue weighted by Crippen LogP contribution is -2.54. The first kappa shape index (κ1) is 22.7. The second kappa shape index (κ2) is 8.65. The molecule has 1 amide bonds. The molecule has 3 rings (SSSR count). The van der Waals surface area contributed by atoms with Crippen molar-refractivity contribution in [3.8, 4) is 5.75 Å². The predicted octanol–water partition coefficient (Wildman–Crippen LogP) is 3.47. The largest absolute Gasteiger partial charge is 0.495 e. The van der Waals surface area contributed by atoms with Crippen LogP contribution < -0.4 is 9.64 Å². The van der Waals surface area contributed by atoms with E-state index in [-0.39, 0.29) is 18.5 Å². The molecule has 30 heavy (non-hydrogen) atoms. The average Bonchev–Trinajstić information content (AvgIpc) is 2.96. The topological polar surface area (TPSA) is 70.8 Å². The van der Waals surface area contributed by atoms with Crippen LogP contribution >= 0.6 is 23.2 Å². The normalized spacial score (nSPS) is 17.4. The number of halogens is 2. The van der Waals surface area contributed by atoms with Crippen molar-refractivity contribution in [2.75, 3.05) is 31.6 Å². The summed E-state index contributed by atoms with van der Waals surface area (Å²) < 4.78 is 6.88. The molecule has 0 bridgehead atoms. The van der Waals surface area contributed by atoms with Crippen LogP contribution in [-0.4, -0.2) is 58.5 Å². The zero-order chi connectivity index (χ0) is 22.2. The van der Waals surface area contributed by atoms with Crippen LogP contribution in [-0.2, 0) is 16.9 Å². The number of carbonyl (C=O) groups is 1. The number of rotatable bonds is 5. The number of piperazine rings is 1. The van der Waals surface area contributed by atoms with E-state index in [4.69, 9.17) is 27.9 Å². The molecular formula is C21H28Cl2N4O3. The molecule has 1 aliphatic rings. The molecule has 0 unspecified atom stereocenters. The fourth-order valence-electron chi connectivity index (χ4n) is 3.70. The van der Waals surface area contributed by atoms with E-state index < -0.39 is 5.60 Å². The van der Waals surface area contributed by atoms with Gasteiger partial charge in [0.05, 0.1) is 22.8 Å². The maximum absolute atomic E-state index is 13.0. The van der Waals surface area contributed by atoms with E-state index in [0.717, 1.165) is 5.69 Å². The summed E-state index contributed by atoms with van der Waals surface area (Å²) >= 11 is 12.5. The van der Waals surface area contributed by atoms with Gasteiger partial charge in [-0.05, 0) is 39.8 Å². The number of nitrogens with zero attached hydrogens (tertiary/aromatic N) is 4. The number of ether oxygens (including phenoxy) is 1. The Balaban J connectivity index is 1.70. The first-order valence-corrected chi connectivity index (χ1v) is 10.6. The van der Waals surface area contributed by atoms with E-state index in [2.05, 4.69) is 10.00 Å². The first-order valence-electron chi connectivity index (χ1n) is 9.86. The Morgan fingerprint density at radius 2 is 2.03 bits per heavy atom. The number of amides is 1. The molecule has 0 radical (unpaired) electrons. The smallest absolute Gasteiger partial charge is 0.244 e. The van der Waals surface area contributed by atoms with E-state index in [0.29, 0.717) is 46.8 Å². The third kappa shape index (κ3) is 4.53. The molecule has 2 aromatic rings. The maximum Gasteiger partial charge on any atom is 0.244 e. The van der Waals surface area contributed by atoms with Gasteiger partial charge in [-0.3, -0.25) is 9.48 Å². The van der Waals surface area contributed by atoms with Crippen molar-refractivity contribution in [2.24, 2.45) is 0 Å². The number of aromatic nitrogens is 2. The molecule has 0 aliphatic carbocycles. The Morgan fingerprint density at radius 1 is 1.33 bits per heavy atom. The molecule has 1 aromatic heterocycles. The summed E-state index contributed by atoms with van der Waals surface area (Å²) in [6.07, 6.45) is 0. The average molecular weight is 455 g/mol. The molecule has 7 nitrogen and oxygen atoms in total. The van der Waals surface area contributed by atoms with Crippen LogP contribution in [0, 0.1) is 6.92 Å². The summed E-state index contributed by atoms with van der Waals surface area (Å²) in [5.74, 6) is 0.606. The molecule has 1 aromatic carbocycles. The lowest BCUT2D eigenvalue weighted by atomic mass is 10.1. The highest BCUT2D eigenvalue weighted by molar-refractivity contribution is 6.32. The molecule has 1 N–H and O–H groups in total. The highest BCUT2D eigenvalue weighted by Crippen LogP contribution is 2.31. The fourth-order valence-corrected chi connectivity index (χ4v) is 4.26. The van der Waals surface area contributed by atoms with Gasteiger partial charge in [0.15, 0.2) is 0 Å². The maximum atomic E-state index is 13.0. The standard InChI is InChI=1S/C21H28Cl2N4O3/c1-13-11-25(15-6-7-16(22)17(10-15)30-5)8-9-26(13)18(28)12-27-14(2)19(23)20(24-27)21(3,4)29/h6-7,10,13,29H,8-9,11-12H2,1-5H3/t13-/m0/s1. The van der Waals surface area contributed by atoms with Gasteiger partial charge >= 0.3 is 0 Å². The van der Waals surface area contributed by atoms with E-state index in [1.54, 1.807) is 32.6 Å². The highest BCUT2D eigenvalue weighted by atomic mass is 35.5. The molecule has 1 fully saturated rings. The van der Waals surface area contributed by atoms with E-state index >= 15 is 0 Å². The SMILES string of the molecule is COc1cc(N2CCN(C(=O)Cn3nc(C(C)(C)O)c(Cl)c3C)[C@@H](C)C2)ccc1Cl. The zero-order valence-electron chi connectivity index (χ0n) is 17.9. The molecule has 0 spiro atoms. The second-order valence-electron chi connectivity index (χ2n) is 8.17. The van der Waals surface area contributed by atoms with Crippen LogP contribution in [0.3, 0.4) is 0 Å². The van der Waals surface area contributed by atoms with Crippen molar-refractivity contribution in [1.29, 1.82) is 0 Å². The number of aliphatic hydroxyl groups is 1. The van der Waals surface area contributed by atoms with Crippen LogP contribution in [0.15, 0.2) is 18.2 Å². The third-order valence-corrected chi connectivity index (χ3v) is 6.21. The molecule has 0 saturated carbocycles.